The lowest BCUT2D eigenvalue weighted by Gasteiger charge is -2.24. The quantitative estimate of drug-likeness (QED) is 0.817. The summed E-state index contributed by atoms with van der Waals surface area (Å²) in [5.41, 5.74) is 5.71. The first-order valence-corrected chi connectivity index (χ1v) is 6.84. The van der Waals surface area contributed by atoms with Crippen LogP contribution in [0, 0.1) is 11.8 Å². The number of halogens is 1. The van der Waals surface area contributed by atoms with Crippen molar-refractivity contribution < 1.29 is 9.53 Å². The van der Waals surface area contributed by atoms with E-state index in [1.54, 1.807) is 0 Å². The van der Waals surface area contributed by atoms with Crippen LogP contribution in [-0.4, -0.2) is 31.2 Å². The molecule has 1 saturated heterocycles. The molecule has 1 aliphatic heterocycles. The Balaban J connectivity index is 0.00000162. The molecule has 0 aromatic carbocycles. The van der Waals surface area contributed by atoms with Crippen molar-refractivity contribution in [1.29, 1.82) is 0 Å². The summed E-state index contributed by atoms with van der Waals surface area (Å²) in [6.07, 6.45) is 5.60. The third-order valence-corrected chi connectivity index (χ3v) is 4.19. The molecule has 1 saturated carbocycles. The van der Waals surface area contributed by atoms with E-state index in [-0.39, 0.29) is 36.4 Å². The smallest absolute Gasteiger partial charge is 0.223 e. The van der Waals surface area contributed by atoms with Crippen molar-refractivity contribution in [1.82, 2.24) is 5.32 Å². The van der Waals surface area contributed by atoms with E-state index in [2.05, 4.69) is 5.32 Å². The number of rotatable bonds is 4. The van der Waals surface area contributed by atoms with E-state index in [1.165, 1.54) is 0 Å². The van der Waals surface area contributed by atoms with Crippen molar-refractivity contribution in [3.05, 3.63) is 0 Å². The highest BCUT2D eigenvalue weighted by atomic mass is 35.5. The number of nitrogens with two attached hydrogens (primary N) is 1. The first-order chi connectivity index (χ1) is 8.22. The molecule has 3 N–H and O–H groups in total. The van der Waals surface area contributed by atoms with Crippen LogP contribution in [-0.2, 0) is 9.53 Å². The molecule has 1 amide bonds. The maximum atomic E-state index is 12.2. The van der Waals surface area contributed by atoms with Crippen LogP contribution in [0.15, 0.2) is 0 Å². The number of hydrogen-bond acceptors (Lipinski definition) is 3. The molecule has 1 heterocycles. The van der Waals surface area contributed by atoms with Gasteiger partial charge < -0.3 is 15.8 Å². The highest BCUT2D eigenvalue weighted by Gasteiger charge is 2.33. The average Bonchev–Trinajstić information content (AvgIpc) is 2.99. The van der Waals surface area contributed by atoms with Gasteiger partial charge in [0.1, 0.15) is 0 Å². The number of ether oxygens (including phenoxy) is 1. The minimum atomic E-state index is 0. The summed E-state index contributed by atoms with van der Waals surface area (Å²) in [7, 11) is 0. The standard InChI is InChI=1S/C13H24N2O2.ClH/c1-9(12-6-3-7-17-12)15-13(16)11-5-2-4-10(11)8-14;/h9-12H,2-8,14H2,1H3,(H,15,16);1H/t9?,10-,11-,12?;/m1./s1. The number of carbonyl (C=O) groups is 1. The summed E-state index contributed by atoms with van der Waals surface area (Å²) >= 11 is 0. The summed E-state index contributed by atoms with van der Waals surface area (Å²) in [6, 6.07) is 0.129. The van der Waals surface area contributed by atoms with Gasteiger partial charge in [0.05, 0.1) is 12.1 Å². The molecule has 4 atom stereocenters. The van der Waals surface area contributed by atoms with E-state index in [9.17, 15) is 4.79 Å². The molecule has 0 spiro atoms. The number of nitrogens with one attached hydrogen (secondary N) is 1. The predicted molar refractivity (Wildman–Crippen MR) is 73.7 cm³/mol. The topological polar surface area (TPSA) is 64.4 Å². The van der Waals surface area contributed by atoms with Crippen LogP contribution in [0.3, 0.4) is 0 Å². The van der Waals surface area contributed by atoms with Gasteiger partial charge in [0.15, 0.2) is 0 Å². The van der Waals surface area contributed by atoms with Crippen molar-refractivity contribution in [2.24, 2.45) is 17.6 Å². The van der Waals surface area contributed by atoms with Gasteiger partial charge in [-0.3, -0.25) is 4.79 Å². The van der Waals surface area contributed by atoms with Gasteiger partial charge in [-0.15, -0.1) is 12.4 Å². The van der Waals surface area contributed by atoms with Crippen LogP contribution in [0.1, 0.15) is 39.0 Å². The molecule has 0 aromatic heterocycles. The molecule has 2 rings (SSSR count). The molecule has 0 radical (unpaired) electrons. The Kier molecular flexibility index (Phi) is 6.39. The molecule has 0 bridgehead atoms. The second-order valence-electron chi connectivity index (χ2n) is 5.38. The van der Waals surface area contributed by atoms with Crippen molar-refractivity contribution in [3.8, 4) is 0 Å². The van der Waals surface area contributed by atoms with E-state index in [4.69, 9.17) is 10.5 Å². The minimum absolute atomic E-state index is 0. The lowest BCUT2D eigenvalue weighted by molar-refractivity contribution is -0.127. The van der Waals surface area contributed by atoms with Crippen LogP contribution in [0.2, 0.25) is 0 Å². The molecular weight excluding hydrogens is 252 g/mol. The summed E-state index contributed by atoms with van der Waals surface area (Å²) in [4.78, 5) is 12.2. The summed E-state index contributed by atoms with van der Waals surface area (Å²) in [5.74, 6) is 0.691. The first-order valence-electron chi connectivity index (χ1n) is 6.84. The van der Waals surface area contributed by atoms with E-state index in [0.29, 0.717) is 12.5 Å². The maximum Gasteiger partial charge on any atom is 0.223 e. The molecule has 2 fully saturated rings. The Labute approximate surface area is 115 Å². The molecule has 2 unspecified atom stereocenters. The minimum Gasteiger partial charge on any atom is -0.376 e. The van der Waals surface area contributed by atoms with Gasteiger partial charge in [0.2, 0.25) is 5.91 Å². The SMILES string of the molecule is CC(NC(=O)[C@@H]1CCC[C@@H]1CN)C1CCCO1.Cl. The predicted octanol–water partition coefficient (Wildman–Crippen LogP) is 1.47. The number of carbonyl (C=O) groups excluding carboxylic acids is 1. The normalized spacial score (nSPS) is 32.9. The molecule has 2 aliphatic rings. The van der Waals surface area contributed by atoms with Gasteiger partial charge in [-0.1, -0.05) is 6.42 Å². The van der Waals surface area contributed by atoms with Gasteiger partial charge in [0.25, 0.3) is 0 Å². The summed E-state index contributed by atoms with van der Waals surface area (Å²) in [5, 5.41) is 3.11. The zero-order valence-corrected chi connectivity index (χ0v) is 11.9. The van der Waals surface area contributed by atoms with Crippen molar-refractivity contribution in [2.45, 2.75) is 51.2 Å². The van der Waals surface area contributed by atoms with Crippen LogP contribution in [0.4, 0.5) is 0 Å². The Bertz CT molecular complexity index is 270. The Morgan fingerprint density at radius 2 is 2.17 bits per heavy atom. The van der Waals surface area contributed by atoms with Gasteiger partial charge in [0, 0.05) is 12.5 Å². The second-order valence-corrected chi connectivity index (χ2v) is 5.38. The zero-order chi connectivity index (χ0) is 12.3. The molecule has 5 heteroatoms. The van der Waals surface area contributed by atoms with E-state index in [1.807, 2.05) is 6.92 Å². The fourth-order valence-corrected chi connectivity index (χ4v) is 3.09. The highest BCUT2D eigenvalue weighted by molar-refractivity contribution is 5.85. The van der Waals surface area contributed by atoms with Gasteiger partial charge >= 0.3 is 0 Å². The van der Waals surface area contributed by atoms with Crippen LogP contribution in [0.25, 0.3) is 0 Å². The molecule has 0 aromatic rings. The van der Waals surface area contributed by atoms with E-state index >= 15 is 0 Å². The Hall–Kier alpha value is -0.320. The fraction of sp³-hybridized carbons (Fsp3) is 0.923. The number of hydrogen-bond donors (Lipinski definition) is 2. The number of amides is 1. The van der Waals surface area contributed by atoms with Crippen molar-refractivity contribution in [3.63, 3.8) is 0 Å². The van der Waals surface area contributed by atoms with Crippen molar-refractivity contribution in [2.75, 3.05) is 13.2 Å². The van der Waals surface area contributed by atoms with Crippen LogP contribution >= 0.6 is 12.4 Å². The molecule has 106 valence electrons. The monoisotopic (exact) mass is 276 g/mol. The highest BCUT2D eigenvalue weighted by Crippen LogP contribution is 2.31. The third-order valence-electron chi connectivity index (χ3n) is 4.19. The molecule has 4 nitrogen and oxygen atoms in total. The average molecular weight is 277 g/mol. The van der Waals surface area contributed by atoms with E-state index in [0.717, 1.165) is 38.7 Å². The molecule has 1 aliphatic carbocycles. The first kappa shape index (κ1) is 15.7. The van der Waals surface area contributed by atoms with Crippen LogP contribution < -0.4 is 11.1 Å². The van der Waals surface area contributed by atoms with Crippen molar-refractivity contribution >= 4 is 18.3 Å². The second kappa shape index (κ2) is 7.31. The molecular formula is C13H25ClN2O2. The summed E-state index contributed by atoms with van der Waals surface area (Å²) in [6.45, 7) is 3.51. The van der Waals surface area contributed by atoms with Gasteiger partial charge in [-0.2, -0.15) is 0 Å². The van der Waals surface area contributed by atoms with Gasteiger partial charge in [-0.05, 0) is 45.1 Å². The Morgan fingerprint density at radius 3 is 2.78 bits per heavy atom. The maximum absolute atomic E-state index is 12.2. The van der Waals surface area contributed by atoms with Crippen LogP contribution in [0.5, 0.6) is 0 Å². The largest absolute Gasteiger partial charge is 0.376 e. The lowest BCUT2D eigenvalue weighted by Crippen LogP contribution is -2.45. The molecule has 18 heavy (non-hydrogen) atoms. The fourth-order valence-electron chi connectivity index (χ4n) is 3.09. The lowest BCUT2D eigenvalue weighted by atomic mass is 9.95. The Morgan fingerprint density at radius 1 is 1.39 bits per heavy atom. The summed E-state index contributed by atoms with van der Waals surface area (Å²) < 4.78 is 5.59. The zero-order valence-electron chi connectivity index (χ0n) is 11.1. The van der Waals surface area contributed by atoms with E-state index < -0.39 is 0 Å². The van der Waals surface area contributed by atoms with Gasteiger partial charge in [-0.25, -0.2) is 0 Å². The third kappa shape index (κ3) is 3.59.